The van der Waals surface area contributed by atoms with E-state index in [1.807, 2.05) is 6.92 Å². The minimum absolute atomic E-state index is 0.0358. The summed E-state index contributed by atoms with van der Waals surface area (Å²) in [6, 6.07) is 0. The Kier molecular flexibility index (Phi) is 9.85. The van der Waals surface area contributed by atoms with Gasteiger partial charge >= 0.3 is 5.97 Å². The number of unbranched alkanes of at least 4 members (excludes halogenated alkanes) is 6. The molecule has 2 fully saturated rings. The normalized spacial score (nSPS) is 27.3. The van der Waals surface area contributed by atoms with Gasteiger partial charge in [0.15, 0.2) is 0 Å². The van der Waals surface area contributed by atoms with Crippen molar-refractivity contribution in [3.8, 4) is 0 Å². The standard InChI is InChI=1S/C21H38O4/c1-3-5-9-12-17-19(24-17)16-20-18(25-20)13-10-7-6-8-11-14-21(22)23-15-4-2/h17-20H,3-16H2,1-2H3. The molecule has 0 saturated carbocycles. The van der Waals surface area contributed by atoms with Crippen molar-refractivity contribution in [2.24, 2.45) is 0 Å². The van der Waals surface area contributed by atoms with Gasteiger partial charge in [0.2, 0.25) is 0 Å². The van der Waals surface area contributed by atoms with Crippen LogP contribution in [0, 0.1) is 0 Å². The summed E-state index contributed by atoms with van der Waals surface area (Å²) in [5, 5.41) is 0. The molecule has 2 aliphatic heterocycles. The highest BCUT2D eigenvalue weighted by Crippen LogP contribution is 2.39. The lowest BCUT2D eigenvalue weighted by Gasteiger charge is -2.03. The second-order valence-electron chi connectivity index (χ2n) is 7.68. The Balaban J connectivity index is 1.33. The fraction of sp³-hybridized carbons (Fsp3) is 0.952. The van der Waals surface area contributed by atoms with Crippen LogP contribution in [0.4, 0.5) is 0 Å². The molecule has 0 aromatic heterocycles. The first kappa shape index (κ1) is 20.7. The number of ether oxygens (including phenoxy) is 3. The van der Waals surface area contributed by atoms with E-state index in [0.717, 1.165) is 25.7 Å². The van der Waals surface area contributed by atoms with Crippen LogP contribution in [0.3, 0.4) is 0 Å². The summed E-state index contributed by atoms with van der Waals surface area (Å²) in [4.78, 5) is 11.4. The van der Waals surface area contributed by atoms with E-state index in [1.54, 1.807) is 0 Å². The van der Waals surface area contributed by atoms with E-state index in [9.17, 15) is 4.79 Å². The SMILES string of the molecule is CCCCCC1OC1CC1OC1CCCCCCCC(=O)OCCC. The highest BCUT2D eigenvalue weighted by Gasteiger charge is 2.47. The fourth-order valence-electron chi connectivity index (χ4n) is 3.54. The van der Waals surface area contributed by atoms with Gasteiger partial charge in [0.1, 0.15) is 0 Å². The van der Waals surface area contributed by atoms with Gasteiger partial charge in [0.25, 0.3) is 0 Å². The molecule has 2 heterocycles. The molecule has 4 unspecified atom stereocenters. The van der Waals surface area contributed by atoms with Crippen LogP contribution in [0.1, 0.15) is 97.3 Å². The van der Waals surface area contributed by atoms with E-state index in [1.165, 1.54) is 51.4 Å². The Morgan fingerprint density at radius 2 is 1.36 bits per heavy atom. The number of carbonyl (C=O) groups excluding carboxylic acids is 1. The van der Waals surface area contributed by atoms with Crippen molar-refractivity contribution < 1.29 is 19.0 Å². The molecule has 2 saturated heterocycles. The molecule has 2 rings (SSSR count). The number of epoxide rings is 2. The highest BCUT2D eigenvalue weighted by atomic mass is 16.6. The summed E-state index contributed by atoms with van der Waals surface area (Å²) in [7, 11) is 0. The van der Waals surface area contributed by atoms with E-state index >= 15 is 0 Å². The van der Waals surface area contributed by atoms with Gasteiger partial charge in [-0.25, -0.2) is 0 Å². The maximum atomic E-state index is 11.4. The van der Waals surface area contributed by atoms with Crippen LogP contribution in [0.25, 0.3) is 0 Å². The zero-order chi connectivity index (χ0) is 17.9. The molecule has 0 spiro atoms. The van der Waals surface area contributed by atoms with E-state index in [-0.39, 0.29) is 5.97 Å². The second kappa shape index (κ2) is 11.9. The first-order valence-corrected chi connectivity index (χ1v) is 10.7. The third-order valence-electron chi connectivity index (χ3n) is 5.27. The predicted octanol–water partition coefficient (Wildman–Crippen LogP) is 5.18. The number of hydrogen-bond acceptors (Lipinski definition) is 4. The molecule has 0 N–H and O–H groups in total. The summed E-state index contributed by atoms with van der Waals surface area (Å²) in [6.07, 6.45) is 16.7. The molecule has 146 valence electrons. The van der Waals surface area contributed by atoms with Crippen molar-refractivity contribution >= 4 is 5.97 Å². The lowest BCUT2D eigenvalue weighted by atomic mass is 10.0. The van der Waals surface area contributed by atoms with Crippen LogP contribution < -0.4 is 0 Å². The lowest BCUT2D eigenvalue weighted by molar-refractivity contribution is -0.143. The zero-order valence-corrected chi connectivity index (χ0v) is 16.3. The molecule has 0 bridgehead atoms. The Bertz CT molecular complexity index is 371. The van der Waals surface area contributed by atoms with Crippen LogP contribution in [0.15, 0.2) is 0 Å². The van der Waals surface area contributed by atoms with Crippen molar-refractivity contribution in [2.75, 3.05) is 6.61 Å². The Morgan fingerprint density at radius 3 is 2.00 bits per heavy atom. The second-order valence-corrected chi connectivity index (χ2v) is 7.68. The Hall–Kier alpha value is -0.610. The minimum atomic E-state index is -0.0358. The number of rotatable bonds is 16. The Labute approximate surface area is 154 Å². The molecule has 0 radical (unpaired) electrons. The van der Waals surface area contributed by atoms with Gasteiger partial charge in [-0.05, 0) is 25.7 Å². The Morgan fingerprint density at radius 1 is 0.760 bits per heavy atom. The third kappa shape index (κ3) is 9.05. The molecule has 4 atom stereocenters. The number of carbonyl (C=O) groups is 1. The molecule has 0 amide bonds. The monoisotopic (exact) mass is 354 g/mol. The molecule has 0 aromatic carbocycles. The van der Waals surface area contributed by atoms with Crippen molar-refractivity contribution in [3.05, 3.63) is 0 Å². The van der Waals surface area contributed by atoms with Gasteiger partial charge in [-0.1, -0.05) is 58.8 Å². The average Bonchev–Trinajstić information content (AvgIpc) is 3.52. The van der Waals surface area contributed by atoms with Crippen LogP contribution in [0.5, 0.6) is 0 Å². The van der Waals surface area contributed by atoms with Gasteiger partial charge in [0, 0.05) is 12.8 Å². The average molecular weight is 355 g/mol. The van der Waals surface area contributed by atoms with Gasteiger partial charge in [-0.2, -0.15) is 0 Å². The summed E-state index contributed by atoms with van der Waals surface area (Å²) in [5.74, 6) is -0.0358. The molecule has 2 aliphatic rings. The summed E-state index contributed by atoms with van der Waals surface area (Å²) in [5.41, 5.74) is 0. The number of hydrogen-bond donors (Lipinski definition) is 0. The van der Waals surface area contributed by atoms with Crippen LogP contribution in [-0.4, -0.2) is 37.0 Å². The van der Waals surface area contributed by atoms with Crippen molar-refractivity contribution in [1.82, 2.24) is 0 Å². The predicted molar refractivity (Wildman–Crippen MR) is 99.7 cm³/mol. The van der Waals surface area contributed by atoms with Gasteiger partial charge in [-0.3, -0.25) is 4.79 Å². The van der Waals surface area contributed by atoms with Crippen LogP contribution >= 0.6 is 0 Å². The summed E-state index contributed by atoms with van der Waals surface area (Å²) < 4.78 is 16.6. The van der Waals surface area contributed by atoms with Gasteiger partial charge in [-0.15, -0.1) is 0 Å². The van der Waals surface area contributed by atoms with E-state index in [4.69, 9.17) is 14.2 Å². The maximum Gasteiger partial charge on any atom is 0.305 e. The first-order chi connectivity index (χ1) is 12.2. The molecular formula is C21H38O4. The summed E-state index contributed by atoms with van der Waals surface area (Å²) >= 11 is 0. The zero-order valence-electron chi connectivity index (χ0n) is 16.3. The van der Waals surface area contributed by atoms with Gasteiger partial charge in [0.05, 0.1) is 31.0 Å². The van der Waals surface area contributed by atoms with Crippen LogP contribution in [0.2, 0.25) is 0 Å². The third-order valence-corrected chi connectivity index (χ3v) is 5.27. The summed E-state index contributed by atoms with van der Waals surface area (Å²) in [6.45, 7) is 4.83. The molecule has 0 aromatic rings. The fourth-order valence-corrected chi connectivity index (χ4v) is 3.54. The first-order valence-electron chi connectivity index (χ1n) is 10.7. The lowest BCUT2D eigenvalue weighted by Crippen LogP contribution is -2.04. The largest absolute Gasteiger partial charge is 0.466 e. The molecule has 4 nitrogen and oxygen atoms in total. The van der Waals surface area contributed by atoms with E-state index in [2.05, 4.69) is 6.92 Å². The smallest absolute Gasteiger partial charge is 0.305 e. The molecule has 4 heteroatoms. The minimum Gasteiger partial charge on any atom is -0.466 e. The van der Waals surface area contributed by atoms with Crippen molar-refractivity contribution in [2.45, 2.75) is 122 Å². The van der Waals surface area contributed by atoms with E-state index < -0.39 is 0 Å². The van der Waals surface area contributed by atoms with Gasteiger partial charge < -0.3 is 14.2 Å². The van der Waals surface area contributed by atoms with E-state index in [0.29, 0.717) is 37.4 Å². The number of esters is 1. The molecule has 25 heavy (non-hydrogen) atoms. The van der Waals surface area contributed by atoms with Crippen molar-refractivity contribution in [1.29, 1.82) is 0 Å². The maximum absolute atomic E-state index is 11.4. The topological polar surface area (TPSA) is 51.4 Å². The quantitative estimate of drug-likeness (QED) is 0.218. The molecular weight excluding hydrogens is 316 g/mol. The molecule has 0 aliphatic carbocycles. The van der Waals surface area contributed by atoms with Crippen LogP contribution in [-0.2, 0) is 19.0 Å². The highest BCUT2D eigenvalue weighted by molar-refractivity contribution is 5.69. The van der Waals surface area contributed by atoms with Crippen molar-refractivity contribution in [3.63, 3.8) is 0 Å².